The summed E-state index contributed by atoms with van der Waals surface area (Å²) in [5.74, 6) is -1.70. The summed E-state index contributed by atoms with van der Waals surface area (Å²) >= 11 is 0. The third kappa shape index (κ3) is 4.31. The Morgan fingerprint density at radius 1 is 1.13 bits per heavy atom. The molecule has 30 heavy (non-hydrogen) atoms. The van der Waals surface area contributed by atoms with Gasteiger partial charge in [0.15, 0.2) is 5.69 Å². The van der Waals surface area contributed by atoms with Crippen molar-refractivity contribution in [2.24, 2.45) is 0 Å². The number of nitrogen functional groups attached to an aromatic ring is 1. The number of amides is 1. The number of hydrogen-bond acceptors (Lipinski definition) is 5. The number of H-pyrrole nitrogens is 1. The maximum atomic E-state index is 14.3. The molecule has 0 saturated heterocycles. The zero-order chi connectivity index (χ0) is 21.7. The van der Waals surface area contributed by atoms with E-state index in [2.05, 4.69) is 4.98 Å². The standard InChI is InChI=1S/C21H21FN4O4/c1-30-12-11-25-18(23)17(19(27)24-21(25)29)26(13-14-7-3-2-4-8-14)20(28)15-9-5-6-10-16(15)22/h2-10H,11-13,23H2,1H3,(H,24,27,29). The summed E-state index contributed by atoms with van der Waals surface area (Å²) in [6.45, 7) is 0.178. The van der Waals surface area contributed by atoms with Gasteiger partial charge in [-0.1, -0.05) is 42.5 Å². The molecule has 0 saturated carbocycles. The number of aromatic nitrogens is 2. The number of benzene rings is 2. The van der Waals surface area contributed by atoms with Crippen molar-refractivity contribution in [3.05, 3.63) is 92.4 Å². The number of halogens is 1. The Hall–Kier alpha value is -3.72. The van der Waals surface area contributed by atoms with Crippen molar-refractivity contribution in [1.82, 2.24) is 9.55 Å². The van der Waals surface area contributed by atoms with E-state index in [0.29, 0.717) is 5.56 Å². The van der Waals surface area contributed by atoms with E-state index in [1.54, 1.807) is 30.3 Å². The maximum Gasteiger partial charge on any atom is 0.330 e. The second-order valence-electron chi connectivity index (χ2n) is 6.49. The van der Waals surface area contributed by atoms with Gasteiger partial charge in [-0.05, 0) is 17.7 Å². The maximum absolute atomic E-state index is 14.3. The van der Waals surface area contributed by atoms with Gasteiger partial charge in [-0.3, -0.25) is 24.0 Å². The summed E-state index contributed by atoms with van der Waals surface area (Å²) in [5.41, 5.74) is 4.80. The molecule has 1 aromatic heterocycles. The first kappa shape index (κ1) is 21.0. The smallest absolute Gasteiger partial charge is 0.330 e. The van der Waals surface area contributed by atoms with Crippen LogP contribution < -0.4 is 21.9 Å². The molecule has 0 bridgehead atoms. The minimum absolute atomic E-state index is 0.0518. The molecule has 8 nitrogen and oxygen atoms in total. The number of rotatable bonds is 7. The summed E-state index contributed by atoms with van der Waals surface area (Å²) in [5, 5.41) is 0. The molecule has 0 aliphatic heterocycles. The monoisotopic (exact) mass is 412 g/mol. The highest BCUT2D eigenvalue weighted by Crippen LogP contribution is 2.23. The predicted octanol–water partition coefficient (Wildman–Crippen LogP) is 1.75. The topological polar surface area (TPSA) is 110 Å². The molecular weight excluding hydrogens is 391 g/mol. The molecule has 0 atom stereocenters. The number of aromatic amines is 1. The molecule has 0 unspecified atom stereocenters. The molecule has 3 aromatic rings. The van der Waals surface area contributed by atoms with E-state index in [1.807, 2.05) is 0 Å². The molecule has 0 fully saturated rings. The van der Waals surface area contributed by atoms with Gasteiger partial charge in [0, 0.05) is 7.11 Å². The van der Waals surface area contributed by atoms with Crippen molar-refractivity contribution in [3.63, 3.8) is 0 Å². The number of carbonyl (C=O) groups excluding carboxylic acids is 1. The molecule has 1 amide bonds. The zero-order valence-corrected chi connectivity index (χ0v) is 16.3. The first-order valence-corrected chi connectivity index (χ1v) is 9.16. The third-order valence-corrected chi connectivity index (χ3v) is 4.54. The molecule has 9 heteroatoms. The summed E-state index contributed by atoms with van der Waals surface area (Å²) in [4.78, 5) is 41.4. The Labute approximate surface area is 171 Å². The fourth-order valence-electron chi connectivity index (χ4n) is 3.04. The Morgan fingerprint density at radius 3 is 2.47 bits per heavy atom. The molecule has 3 rings (SSSR count). The molecule has 156 valence electrons. The summed E-state index contributed by atoms with van der Waals surface area (Å²) in [7, 11) is 1.46. The first-order valence-electron chi connectivity index (χ1n) is 9.16. The lowest BCUT2D eigenvalue weighted by Crippen LogP contribution is -2.41. The van der Waals surface area contributed by atoms with E-state index in [4.69, 9.17) is 10.5 Å². The van der Waals surface area contributed by atoms with Crippen LogP contribution in [0.25, 0.3) is 0 Å². The Kier molecular flexibility index (Phi) is 6.43. The van der Waals surface area contributed by atoms with Crippen molar-refractivity contribution in [1.29, 1.82) is 0 Å². The molecule has 0 radical (unpaired) electrons. The van der Waals surface area contributed by atoms with E-state index < -0.39 is 23.0 Å². The molecule has 0 spiro atoms. The average molecular weight is 412 g/mol. The van der Waals surface area contributed by atoms with Crippen molar-refractivity contribution < 1.29 is 13.9 Å². The lowest BCUT2D eigenvalue weighted by Gasteiger charge is -2.25. The number of ether oxygens (including phenoxy) is 1. The zero-order valence-electron chi connectivity index (χ0n) is 16.3. The van der Waals surface area contributed by atoms with Crippen LogP contribution in [0.4, 0.5) is 15.9 Å². The average Bonchev–Trinajstić information content (AvgIpc) is 2.73. The number of carbonyl (C=O) groups is 1. The lowest BCUT2D eigenvalue weighted by atomic mass is 10.1. The number of hydrogen-bond donors (Lipinski definition) is 2. The number of nitrogens with one attached hydrogen (secondary N) is 1. The summed E-state index contributed by atoms with van der Waals surface area (Å²) in [6.07, 6.45) is 0. The van der Waals surface area contributed by atoms with E-state index in [0.717, 1.165) is 15.5 Å². The molecule has 3 N–H and O–H groups in total. The fraction of sp³-hybridized carbons (Fsp3) is 0.190. The van der Waals surface area contributed by atoms with Crippen LogP contribution in [0.15, 0.2) is 64.2 Å². The van der Waals surface area contributed by atoms with Crippen LogP contribution in [0.2, 0.25) is 0 Å². The SMILES string of the molecule is COCCn1c(N)c(N(Cc2ccccc2)C(=O)c2ccccc2F)c(=O)[nH]c1=O. The normalized spacial score (nSPS) is 10.7. The largest absolute Gasteiger partial charge is 0.383 e. The van der Waals surface area contributed by atoms with Crippen LogP contribution in [0.5, 0.6) is 0 Å². The number of nitrogens with two attached hydrogens (primary N) is 1. The summed E-state index contributed by atoms with van der Waals surface area (Å²) in [6, 6.07) is 14.3. The van der Waals surface area contributed by atoms with Crippen molar-refractivity contribution in [3.8, 4) is 0 Å². The second kappa shape index (κ2) is 9.19. The molecule has 0 aliphatic carbocycles. The molecule has 1 heterocycles. The quantitative estimate of drug-likeness (QED) is 0.614. The molecule has 2 aromatic carbocycles. The van der Waals surface area contributed by atoms with Gasteiger partial charge in [0.05, 0.1) is 25.3 Å². The number of nitrogens with zero attached hydrogens (tertiary/aromatic N) is 2. The van der Waals surface area contributed by atoms with Crippen LogP contribution in [0.3, 0.4) is 0 Å². The highest BCUT2D eigenvalue weighted by atomic mass is 19.1. The van der Waals surface area contributed by atoms with Gasteiger partial charge in [0.2, 0.25) is 0 Å². The lowest BCUT2D eigenvalue weighted by molar-refractivity contribution is 0.0981. The highest BCUT2D eigenvalue weighted by Gasteiger charge is 2.27. The Bertz CT molecular complexity index is 1160. The Balaban J connectivity index is 2.17. The van der Waals surface area contributed by atoms with Gasteiger partial charge in [-0.25, -0.2) is 9.18 Å². The van der Waals surface area contributed by atoms with Crippen molar-refractivity contribution in [2.75, 3.05) is 24.4 Å². The van der Waals surface area contributed by atoms with Crippen LogP contribution in [0, 0.1) is 5.82 Å². The van der Waals surface area contributed by atoms with Crippen molar-refractivity contribution >= 4 is 17.4 Å². The van der Waals surface area contributed by atoms with Crippen LogP contribution in [-0.4, -0.2) is 29.2 Å². The fourth-order valence-corrected chi connectivity index (χ4v) is 3.04. The molecular formula is C21H21FN4O4. The minimum atomic E-state index is -0.841. The van der Waals surface area contributed by atoms with Crippen LogP contribution in [-0.2, 0) is 17.8 Å². The van der Waals surface area contributed by atoms with E-state index >= 15 is 0 Å². The van der Waals surface area contributed by atoms with Crippen LogP contribution >= 0.6 is 0 Å². The van der Waals surface area contributed by atoms with Gasteiger partial charge >= 0.3 is 5.69 Å². The van der Waals surface area contributed by atoms with Crippen molar-refractivity contribution in [2.45, 2.75) is 13.1 Å². The summed E-state index contributed by atoms with van der Waals surface area (Å²) < 4.78 is 20.4. The van der Waals surface area contributed by atoms with Gasteiger partial charge in [-0.15, -0.1) is 0 Å². The molecule has 0 aliphatic rings. The van der Waals surface area contributed by atoms with Gasteiger partial charge in [-0.2, -0.15) is 0 Å². The van der Waals surface area contributed by atoms with Gasteiger partial charge in [0.1, 0.15) is 11.6 Å². The second-order valence-corrected chi connectivity index (χ2v) is 6.49. The Morgan fingerprint density at radius 2 is 1.80 bits per heavy atom. The van der Waals surface area contributed by atoms with E-state index in [9.17, 15) is 18.8 Å². The van der Waals surface area contributed by atoms with E-state index in [-0.39, 0.29) is 36.8 Å². The van der Waals surface area contributed by atoms with Gasteiger partial charge < -0.3 is 10.5 Å². The predicted molar refractivity (Wildman–Crippen MR) is 111 cm³/mol. The first-order chi connectivity index (χ1) is 14.4. The third-order valence-electron chi connectivity index (χ3n) is 4.54. The van der Waals surface area contributed by atoms with Gasteiger partial charge in [0.25, 0.3) is 11.5 Å². The number of methoxy groups -OCH3 is 1. The highest BCUT2D eigenvalue weighted by molar-refractivity contribution is 6.07. The number of anilines is 2. The van der Waals surface area contributed by atoms with Crippen LogP contribution in [0.1, 0.15) is 15.9 Å². The minimum Gasteiger partial charge on any atom is -0.383 e. The van der Waals surface area contributed by atoms with E-state index in [1.165, 1.54) is 25.3 Å².